The van der Waals surface area contributed by atoms with E-state index >= 15 is 0 Å². The third-order valence-electron chi connectivity index (χ3n) is 3.11. The lowest BCUT2D eigenvalue weighted by Gasteiger charge is -2.19. The maximum Gasteiger partial charge on any atom is 0.148 e. The Balaban J connectivity index is 2.09. The molecule has 2 atom stereocenters. The maximum atomic E-state index is 5.85. The molecule has 2 rings (SSSR count). The molecule has 19 heavy (non-hydrogen) atoms. The lowest BCUT2D eigenvalue weighted by atomic mass is 9.70. The van der Waals surface area contributed by atoms with Gasteiger partial charge in [-0.3, -0.25) is 0 Å². The van der Waals surface area contributed by atoms with Gasteiger partial charge >= 0.3 is 0 Å². The Labute approximate surface area is 116 Å². The van der Waals surface area contributed by atoms with Crippen molar-refractivity contribution in [2.75, 3.05) is 13.2 Å². The molecule has 0 aliphatic carbocycles. The molecule has 0 aromatic heterocycles. The third kappa shape index (κ3) is 4.25. The van der Waals surface area contributed by atoms with Gasteiger partial charge in [-0.2, -0.15) is 0 Å². The van der Waals surface area contributed by atoms with Crippen LogP contribution < -0.4 is 10.2 Å². The molecule has 1 aromatic rings. The fourth-order valence-electron chi connectivity index (χ4n) is 2.02. The van der Waals surface area contributed by atoms with Crippen LogP contribution in [-0.4, -0.2) is 32.7 Å². The van der Waals surface area contributed by atoms with Crippen molar-refractivity contribution in [3.05, 3.63) is 23.8 Å². The molecule has 3 nitrogen and oxygen atoms in total. The lowest BCUT2D eigenvalue weighted by molar-refractivity contribution is 0.0543. The Bertz CT molecular complexity index is 416. The van der Waals surface area contributed by atoms with Crippen LogP contribution in [-0.2, 0) is 9.47 Å². The van der Waals surface area contributed by atoms with E-state index < -0.39 is 0 Å². The van der Waals surface area contributed by atoms with Crippen LogP contribution in [0.25, 0.3) is 0 Å². The summed E-state index contributed by atoms with van der Waals surface area (Å²) in [5.41, 5.74) is 2.36. The van der Waals surface area contributed by atoms with E-state index in [0.29, 0.717) is 12.7 Å². The summed E-state index contributed by atoms with van der Waals surface area (Å²) in [6, 6.07) is 6.17. The first-order valence-corrected chi connectivity index (χ1v) is 6.93. The van der Waals surface area contributed by atoms with Gasteiger partial charge in [0.05, 0.1) is 25.4 Å². The molecule has 1 aliphatic heterocycles. The smallest absolute Gasteiger partial charge is 0.148 e. The van der Waals surface area contributed by atoms with Crippen molar-refractivity contribution < 1.29 is 14.2 Å². The minimum absolute atomic E-state index is 0.0473. The summed E-state index contributed by atoms with van der Waals surface area (Å²) in [4.78, 5) is 0. The molecule has 4 heteroatoms. The maximum absolute atomic E-state index is 5.85. The summed E-state index contributed by atoms with van der Waals surface area (Å²) in [5.74, 6) is 0.897. The molecule has 0 spiro atoms. The highest BCUT2D eigenvalue weighted by molar-refractivity contribution is 6.52. The predicted octanol–water partition coefficient (Wildman–Crippen LogP) is 2.33. The van der Waals surface area contributed by atoms with Crippen molar-refractivity contribution in [2.45, 2.75) is 45.9 Å². The molecule has 0 bridgehead atoms. The van der Waals surface area contributed by atoms with Gasteiger partial charge in [-0.15, -0.1) is 0 Å². The highest BCUT2D eigenvalue weighted by Crippen LogP contribution is 2.22. The van der Waals surface area contributed by atoms with Gasteiger partial charge in [0, 0.05) is 0 Å². The van der Waals surface area contributed by atoms with E-state index in [2.05, 4.69) is 26.3 Å². The number of rotatable bonds is 7. The average Bonchev–Trinajstić information content (AvgIpc) is 3.19. The van der Waals surface area contributed by atoms with Crippen molar-refractivity contribution in [2.24, 2.45) is 0 Å². The van der Waals surface area contributed by atoms with Crippen LogP contribution in [0.5, 0.6) is 5.75 Å². The van der Waals surface area contributed by atoms with E-state index in [1.165, 1.54) is 11.0 Å². The normalized spacial score (nSPS) is 19.3. The zero-order valence-electron chi connectivity index (χ0n) is 12.2. The summed E-state index contributed by atoms with van der Waals surface area (Å²) in [6.45, 7) is 9.67. The molecule has 1 aliphatic rings. The zero-order chi connectivity index (χ0) is 13.8. The average molecular weight is 261 g/mol. The second-order valence-electron chi connectivity index (χ2n) is 5.18. The lowest BCUT2D eigenvalue weighted by Crippen LogP contribution is -2.21. The molecule has 0 amide bonds. The van der Waals surface area contributed by atoms with E-state index in [0.717, 1.165) is 12.4 Å². The second-order valence-corrected chi connectivity index (χ2v) is 5.18. The van der Waals surface area contributed by atoms with E-state index in [4.69, 9.17) is 14.2 Å². The van der Waals surface area contributed by atoms with Gasteiger partial charge in [0.15, 0.2) is 0 Å². The SMILES string of the molecule is C[B]c1ccc(OC(C)C)cc1[C@@H](C)OC[C@H]1CO1. The molecule has 1 radical (unpaired) electrons. The van der Waals surface area contributed by atoms with Crippen molar-refractivity contribution >= 4 is 12.7 Å². The van der Waals surface area contributed by atoms with Gasteiger partial charge in [-0.05, 0) is 38.5 Å². The van der Waals surface area contributed by atoms with Crippen LogP contribution >= 0.6 is 0 Å². The van der Waals surface area contributed by atoms with E-state index in [9.17, 15) is 0 Å². The Morgan fingerprint density at radius 3 is 2.68 bits per heavy atom. The first-order chi connectivity index (χ1) is 9.10. The van der Waals surface area contributed by atoms with Crippen LogP contribution in [0.2, 0.25) is 6.82 Å². The van der Waals surface area contributed by atoms with Crippen LogP contribution in [0.15, 0.2) is 18.2 Å². The molecule has 1 fully saturated rings. The summed E-state index contributed by atoms with van der Waals surface area (Å²) in [6.07, 6.45) is 0.526. The van der Waals surface area contributed by atoms with Crippen molar-refractivity contribution in [3.8, 4) is 5.75 Å². The molecule has 1 saturated heterocycles. The highest BCUT2D eigenvalue weighted by atomic mass is 16.6. The van der Waals surface area contributed by atoms with Gasteiger partial charge in [0.25, 0.3) is 0 Å². The topological polar surface area (TPSA) is 31.0 Å². The number of ether oxygens (including phenoxy) is 3. The largest absolute Gasteiger partial charge is 0.491 e. The number of epoxide rings is 1. The minimum Gasteiger partial charge on any atom is -0.491 e. The number of hydrogen-bond acceptors (Lipinski definition) is 3. The first kappa shape index (κ1) is 14.4. The second kappa shape index (κ2) is 6.44. The van der Waals surface area contributed by atoms with Crippen LogP contribution in [0, 0.1) is 0 Å². The van der Waals surface area contributed by atoms with E-state index in [1.807, 2.05) is 26.7 Å². The molecule has 0 N–H and O–H groups in total. The van der Waals surface area contributed by atoms with Crippen molar-refractivity contribution in [1.29, 1.82) is 0 Å². The van der Waals surface area contributed by atoms with Crippen molar-refractivity contribution in [1.82, 2.24) is 0 Å². The van der Waals surface area contributed by atoms with E-state index in [-0.39, 0.29) is 12.2 Å². The Kier molecular flexibility index (Phi) is 4.89. The molecule has 1 aromatic carbocycles. The Hall–Kier alpha value is -0.995. The first-order valence-electron chi connectivity index (χ1n) is 6.93. The van der Waals surface area contributed by atoms with Crippen molar-refractivity contribution in [3.63, 3.8) is 0 Å². The van der Waals surface area contributed by atoms with Crippen LogP contribution in [0.3, 0.4) is 0 Å². The summed E-state index contributed by atoms with van der Waals surface area (Å²) in [7, 11) is 2.10. The quantitative estimate of drug-likeness (QED) is 0.557. The fraction of sp³-hybridized carbons (Fsp3) is 0.600. The molecule has 0 unspecified atom stereocenters. The summed E-state index contributed by atoms with van der Waals surface area (Å²) >= 11 is 0. The molecule has 1 heterocycles. The van der Waals surface area contributed by atoms with Gasteiger partial charge in [0.2, 0.25) is 0 Å². The van der Waals surface area contributed by atoms with Gasteiger partial charge < -0.3 is 14.2 Å². The fourth-order valence-corrected chi connectivity index (χ4v) is 2.02. The Morgan fingerprint density at radius 2 is 2.11 bits per heavy atom. The van der Waals surface area contributed by atoms with Crippen LogP contribution in [0.4, 0.5) is 0 Å². The number of benzene rings is 1. The zero-order valence-corrected chi connectivity index (χ0v) is 12.2. The highest BCUT2D eigenvalue weighted by Gasteiger charge is 2.24. The monoisotopic (exact) mass is 261 g/mol. The van der Waals surface area contributed by atoms with Gasteiger partial charge in [0.1, 0.15) is 19.1 Å². The van der Waals surface area contributed by atoms with Gasteiger partial charge in [-0.1, -0.05) is 18.4 Å². The van der Waals surface area contributed by atoms with Crippen LogP contribution in [0.1, 0.15) is 32.4 Å². The molecule has 0 saturated carbocycles. The third-order valence-corrected chi connectivity index (χ3v) is 3.11. The predicted molar refractivity (Wildman–Crippen MR) is 77.6 cm³/mol. The van der Waals surface area contributed by atoms with Gasteiger partial charge in [-0.25, -0.2) is 0 Å². The number of hydrogen-bond donors (Lipinski definition) is 0. The Morgan fingerprint density at radius 1 is 1.37 bits per heavy atom. The van der Waals surface area contributed by atoms with E-state index in [1.54, 1.807) is 0 Å². The summed E-state index contributed by atoms with van der Waals surface area (Å²) < 4.78 is 16.8. The standard InChI is InChI=1S/C15H22BO3/c1-10(2)19-12-5-6-15(16-4)14(7-12)11(3)17-8-13-9-18-13/h5-7,10-11,13H,8-9H2,1-4H3/t11-,13+/m1/s1. The molecular formula is C15H22BO3. The molecule has 103 valence electrons. The minimum atomic E-state index is 0.0473. The summed E-state index contributed by atoms with van der Waals surface area (Å²) in [5, 5.41) is 0. The molecular weight excluding hydrogens is 239 g/mol.